The zero-order valence-corrected chi connectivity index (χ0v) is 17.8. The summed E-state index contributed by atoms with van der Waals surface area (Å²) in [6.07, 6.45) is 0. The van der Waals surface area contributed by atoms with Crippen LogP contribution in [0.3, 0.4) is 0 Å². The molecule has 0 saturated carbocycles. The molecule has 1 saturated heterocycles. The minimum Gasteiger partial charge on any atom is -0.492 e. The van der Waals surface area contributed by atoms with Crippen LogP contribution in [-0.2, 0) is 17.8 Å². The van der Waals surface area contributed by atoms with Gasteiger partial charge in [0.1, 0.15) is 18.2 Å². The quantitative estimate of drug-likeness (QED) is 0.532. The van der Waals surface area contributed by atoms with Crippen LogP contribution in [0.25, 0.3) is 0 Å². The molecule has 30 heavy (non-hydrogen) atoms. The highest BCUT2D eigenvalue weighted by molar-refractivity contribution is 5.79. The molecule has 0 unspecified atom stereocenters. The second-order valence-corrected chi connectivity index (χ2v) is 7.34. The molecule has 0 radical (unpaired) electrons. The molecule has 3 rings (SSSR count). The summed E-state index contributed by atoms with van der Waals surface area (Å²) >= 11 is 0. The predicted molar refractivity (Wildman–Crippen MR) is 117 cm³/mol. The van der Waals surface area contributed by atoms with Crippen LogP contribution in [0.1, 0.15) is 11.1 Å². The lowest BCUT2D eigenvalue weighted by molar-refractivity contribution is 0.0322. The molecule has 0 amide bonds. The lowest BCUT2D eigenvalue weighted by Gasteiger charge is -2.26. The molecule has 1 heterocycles. The van der Waals surface area contributed by atoms with Crippen molar-refractivity contribution in [2.45, 2.75) is 13.1 Å². The molecule has 2 aromatic carbocycles. The first kappa shape index (κ1) is 22.1. The van der Waals surface area contributed by atoms with Crippen LogP contribution in [0.4, 0.5) is 4.39 Å². The van der Waals surface area contributed by atoms with Crippen LogP contribution in [0.15, 0.2) is 53.5 Å². The summed E-state index contributed by atoms with van der Waals surface area (Å²) in [6.45, 7) is 6.30. The molecule has 1 N–H and O–H groups in total. The van der Waals surface area contributed by atoms with E-state index in [1.807, 2.05) is 36.2 Å². The van der Waals surface area contributed by atoms with E-state index in [0.717, 1.165) is 55.7 Å². The molecular formula is C23H31FN4O2. The highest BCUT2D eigenvalue weighted by atomic mass is 19.1. The van der Waals surface area contributed by atoms with Crippen molar-refractivity contribution in [3.63, 3.8) is 0 Å². The summed E-state index contributed by atoms with van der Waals surface area (Å²) < 4.78 is 24.7. The van der Waals surface area contributed by atoms with Gasteiger partial charge in [-0.3, -0.25) is 9.89 Å². The molecular weight excluding hydrogens is 383 g/mol. The zero-order chi connectivity index (χ0) is 21.2. The second-order valence-electron chi connectivity index (χ2n) is 7.34. The van der Waals surface area contributed by atoms with Gasteiger partial charge in [0.15, 0.2) is 5.96 Å². The Balaban J connectivity index is 1.47. The van der Waals surface area contributed by atoms with Crippen molar-refractivity contribution in [2.75, 3.05) is 53.6 Å². The Labute approximate surface area is 178 Å². The van der Waals surface area contributed by atoms with E-state index in [2.05, 4.69) is 21.3 Å². The molecule has 0 aliphatic carbocycles. The molecule has 1 fully saturated rings. The summed E-state index contributed by atoms with van der Waals surface area (Å²) in [6, 6.07) is 14.7. The van der Waals surface area contributed by atoms with Gasteiger partial charge in [0, 0.05) is 46.8 Å². The highest BCUT2D eigenvalue weighted by Crippen LogP contribution is 2.14. The standard InChI is InChI=1S/C23H31FN4O2/c1-25-23(27(2)18-20-6-3-7-21(24)15-20)26-17-19-5-4-8-22(16-19)30-14-11-28-9-12-29-13-10-28/h3-8,15-16H,9-14,17-18H2,1-2H3,(H,25,26). The van der Waals surface area contributed by atoms with E-state index in [4.69, 9.17) is 9.47 Å². The van der Waals surface area contributed by atoms with Crippen molar-refractivity contribution < 1.29 is 13.9 Å². The van der Waals surface area contributed by atoms with Gasteiger partial charge in [0.25, 0.3) is 0 Å². The van der Waals surface area contributed by atoms with E-state index < -0.39 is 0 Å². The van der Waals surface area contributed by atoms with Crippen molar-refractivity contribution in [1.82, 2.24) is 15.1 Å². The fourth-order valence-electron chi connectivity index (χ4n) is 3.41. The van der Waals surface area contributed by atoms with Crippen molar-refractivity contribution in [1.29, 1.82) is 0 Å². The van der Waals surface area contributed by atoms with Gasteiger partial charge in [0.2, 0.25) is 0 Å². The Morgan fingerprint density at radius 3 is 2.70 bits per heavy atom. The molecule has 2 aromatic rings. The maximum atomic E-state index is 13.4. The second kappa shape index (κ2) is 11.5. The number of ether oxygens (including phenoxy) is 2. The average Bonchev–Trinajstić information content (AvgIpc) is 2.75. The van der Waals surface area contributed by atoms with E-state index in [-0.39, 0.29) is 5.82 Å². The van der Waals surface area contributed by atoms with Gasteiger partial charge in [-0.15, -0.1) is 0 Å². The predicted octanol–water partition coefficient (Wildman–Crippen LogP) is 2.74. The third kappa shape index (κ3) is 7.00. The molecule has 1 aliphatic heterocycles. The first-order valence-corrected chi connectivity index (χ1v) is 10.3. The third-order valence-corrected chi connectivity index (χ3v) is 5.01. The maximum Gasteiger partial charge on any atom is 0.193 e. The topological polar surface area (TPSA) is 49.3 Å². The minimum absolute atomic E-state index is 0.228. The van der Waals surface area contributed by atoms with Crippen molar-refractivity contribution in [3.05, 3.63) is 65.5 Å². The monoisotopic (exact) mass is 414 g/mol. The summed E-state index contributed by atoms with van der Waals surface area (Å²) in [4.78, 5) is 8.66. The van der Waals surface area contributed by atoms with E-state index >= 15 is 0 Å². The van der Waals surface area contributed by atoms with Gasteiger partial charge in [-0.1, -0.05) is 24.3 Å². The molecule has 0 aromatic heterocycles. The Bertz CT molecular complexity index is 824. The third-order valence-electron chi connectivity index (χ3n) is 5.01. The van der Waals surface area contributed by atoms with Crippen molar-refractivity contribution in [3.8, 4) is 5.75 Å². The van der Waals surface area contributed by atoms with Gasteiger partial charge >= 0.3 is 0 Å². The fourth-order valence-corrected chi connectivity index (χ4v) is 3.41. The number of morpholine rings is 1. The van der Waals surface area contributed by atoms with Crippen LogP contribution >= 0.6 is 0 Å². The van der Waals surface area contributed by atoms with Crippen LogP contribution < -0.4 is 10.1 Å². The van der Waals surface area contributed by atoms with Crippen LogP contribution in [0, 0.1) is 5.82 Å². The lowest BCUT2D eigenvalue weighted by atomic mass is 10.2. The highest BCUT2D eigenvalue weighted by Gasteiger charge is 2.10. The summed E-state index contributed by atoms with van der Waals surface area (Å²) in [5.74, 6) is 1.39. The number of hydrogen-bond donors (Lipinski definition) is 1. The van der Waals surface area contributed by atoms with Gasteiger partial charge in [-0.05, 0) is 35.4 Å². The van der Waals surface area contributed by atoms with Crippen LogP contribution in [0.5, 0.6) is 5.75 Å². The number of nitrogens with zero attached hydrogens (tertiary/aromatic N) is 3. The van der Waals surface area contributed by atoms with E-state index in [1.54, 1.807) is 19.2 Å². The molecule has 0 spiro atoms. The maximum absolute atomic E-state index is 13.4. The van der Waals surface area contributed by atoms with Gasteiger partial charge in [-0.2, -0.15) is 0 Å². The van der Waals surface area contributed by atoms with Gasteiger partial charge in [0.05, 0.1) is 13.2 Å². The number of hydrogen-bond acceptors (Lipinski definition) is 4. The molecule has 7 heteroatoms. The lowest BCUT2D eigenvalue weighted by Crippen LogP contribution is -2.38. The van der Waals surface area contributed by atoms with E-state index in [9.17, 15) is 4.39 Å². The largest absolute Gasteiger partial charge is 0.492 e. The molecule has 162 valence electrons. The Morgan fingerprint density at radius 2 is 1.93 bits per heavy atom. The molecule has 0 bridgehead atoms. The SMILES string of the molecule is CN=C(NCc1cccc(OCCN2CCOCC2)c1)N(C)Cc1cccc(F)c1. The number of aliphatic imine (C=N–C) groups is 1. The number of halogens is 1. The Hall–Kier alpha value is -2.64. The average molecular weight is 415 g/mol. The molecule has 1 aliphatic rings. The Morgan fingerprint density at radius 1 is 1.17 bits per heavy atom. The summed E-state index contributed by atoms with van der Waals surface area (Å²) in [5, 5.41) is 3.36. The first-order chi connectivity index (χ1) is 14.6. The zero-order valence-electron chi connectivity index (χ0n) is 17.8. The van der Waals surface area contributed by atoms with Crippen molar-refractivity contribution >= 4 is 5.96 Å². The van der Waals surface area contributed by atoms with E-state index in [0.29, 0.717) is 19.7 Å². The summed E-state index contributed by atoms with van der Waals surface area (Å²) in [5.41, 5.74) is 2.01. The van der Waals surface area contributed by atoms with E-state index in [1.165, 1.54) is 6.07 Å². The van der Waals surface area contributed by atoms with Crippen LogP contribution in [0.2, 0.25) is 0 Å². The van der Waals surface area contributed by atoms with Gasteiger partial charge < -0.3 is 19.7 Å². The number of rotatable bonds is 8. The smallest absolute Gasteiger partial charge is 0.193 e. The number of guanidine groups is 1. The number of nitrogens with one attached hydrogen (secondary N) is 1. The molecule has 0 atom stereocenters. The number of benzene rings is 2. The fraction of sp³-hybridized carbons (Fsp3) is 0.435. The molecule has 6 nitrogen and oxygen atoms in total. The van der Waals surface area contributed by atoms with Crippen LogP contribution in [-0.4, -0.2) is 69.3 Å². The van der Waals surface area contributed by atoms with Gasteiger partial charge in [-0.25, -0.2) is 4.39 Å². The first-order valence-electron chi connectivity index (χ1n) is 10.3. The van der Waals surface area contributed by atoms with Crippen molar-refractivity contribution in [2.24, 2.45) is 4.99 Å². The normalized spacial score (nSPS) is 15.1. The minimum atomic E-state index is -0.228. The summed E-state index contributed by atoms with van der Waals surface area (Å²) in [7, 11) is 3.68. The Kier molecular flexibility index (Phi) is 8.47.